The highest BCUT2D eigenvalue weighted by Crippen LogP contribution is 2.30. The molecule has 6 heteroatoms. The normalized spacial score (nSPS) is 11.2. The van der Waals surface area contributed by atoms with Gasteiger partial charge in [-0.25, -0.2) is 4.98 Å². The van der Waals surface area contributed by atoms with Gasteiger partial charge in [0, 0.05) is 37.6 Å². The Balaban J connectivity index is 0.00000132. The molecular formula is C25H30N4O2. The molecule has 0 aliphatic heterocycles. The summed E-state index contributed by atoms with van der Waals surface area (Å²) in [5.74, 6) is 0.0299. The molecule has 0 unspecified atom stereocenters. The third kappa shape index (κ3) is 4.33. The van der Waals surface area contributed by atoms with Crippen LogP contribution in [0.3, 0.4) is 0 Å². The number of carbonyl (C=O) groups is 1. The van der Waals surface area contributed by atoms with Crippen LogP contribution in [0.1, 0.15) is 27.7 Å². The smallest absolute Gasteiger partial charge is 0.261 e. The molecule has 0 fully saturated rings. The summed E-state index contributed by atoms with van der Waals surface area (Å²) in [6.07, 6.45) is 2.02. The summed E-state index contributed by atoms with van der Waals surface area (Å²) >= 11 is 0. The number of hydrogen-bond acceptors (Lipinski definition) is 4. The second-order valence-electron chi connectivity index (χ2n) is 7.79. The van der Waals surface area contributed by atoms with Crippen molar-refractivity contribution in [2.75, 3.05) is 19.0 Å². The first-order valence-electron chi connectivity index (χ1n) is 10.4. The Kier molecular flexibility index (Phi) is 6.20. The monoisotopic (exact) mass is 418 g/mol. The molecule has 0 saturated heterocycles. The van der Waals surface area contributed by atoms with Gasteiger partial charge in [0.2, 0.25) is 0 Å². The lowest BCUT2D eigenvalue weighted by Gasteiger charge is -2.23. The highest BCUT2D eigenvalue weighted by atomic mass is 16.5. The van der Waals surface area contributed by atoms with E-state index in [1.54, 1.807) is 13.8 Å². The molecule has 4 rings (SSSR count). The number of nitrogens with two attached hydrogens (primary N) is 1. The number of primary amides is 1. The standard InChI is InChI=1S/C23H24N4O2.C2H6/c1-23(2,22(24)28)29-17-11-12-19-18(14-17)25-21(20-6-5-13-27(19)20)15-7-9-16(10-8-15)26(3)4;1-2/h5-14H,1-4H3,(H2,24,28);1-2H3. The Labute approximate surface area is 183 Å². The average molecular weight is 419 g/mol. The number of ether oxygens (including phenoxy) is 1. The third-order valence-corrected chi connectivity index (χ3v) is 5.05. The maximum Gasteiger partial charge on any atom is 0.261 e. The van der Waals surface area contributed by atoms with E-state index in [-0.39, 0.29) is 0 Å². The van der Waals surface area contributed by atoms with Gasteiger partial charge in [0.1, 0.15) is 5.75 Å². The van der Waals surface area contributed by atoms with Crippen LogP contribution in [-0.4, -0.2) is 35.0 Å². The van der Waals surface area contributed by atoms with Crippen molar-refractivity contribution < 1.29 is 9.53 Å². The fourth-order valence-corrected chi connectivity index (χ4v) is 3.30. The van der Waals surface area contributed by atoms with E-state index in [2.05, 4.69) is 39.6 Å². The van der Waals surface area contributed by atoms with Gasteiger partial charge in [-0.2, -0.15) is 0 Å². The van der Waals surface area contributed by atoms with Crippen LogP contribution in [0.4, 0.5) is 5.69 Å². The van der Waals surface area contributed by atoms with Gasteiger partial charge in [0.25, 0.3) is 5.91 Å². The highest BCUT2D eigenvalue weighted by molar-refractivity contribution is 5.89. The van der Waals surface area contributed by atoms with Crippen molar-refractivity contribution in [1.82, 2.24) is 9.38 Å². The molecule has 1 amide bonds. The average Bonchev–Trinajstić information content (AvgIpc) is 3.24. The van der Waals surface area contributed by atoms with Gasteiger partial charge in [-0.1, -0.05) is 26.0 Å². The minimum Gasteiger partial charge on any atom is -0.478 e. The Morgan fingerprint density at radius 1 is 1.03 bits per heavy atom. The Morgan fingerprint density at radius 2 is 1.71 bits per heavy atom. The number of aromatic nitrogens is 2. The van der Waals surface area contributed by atoms with Crippen LogP contribution < -0.4 is 15.4 Å². The first-order valence-corrected chi connectivity index (χ1v) is 10.4. The number of fused-ring (bicyclic) bond motifs is 3. The van der Waals surface area contributed by atoms with Crippen LogP contribution in [0.2, 0.25) is 0 Å². The number of carbonyl (C=O) groups excluding carboxylic acids is 1. The van der Waals surface area contributed by atoms with Crippen molar-refractivity contribution in [1.29, 1.82) is 0 Å². The predicted molar refractivity (Wildman–Crippen MR) is 128 cm³/mol. The van der Waals surface area contributed by atoms with E-state index in [4.69, 9.17) is 15.5 Å². The molecular weight excluding hydrogens is 388 g/mol. The van der Waals surface area contributed by atoms with E-state index in [1.165, 1.54) is 0 Å². The maximum atomic E-state index is 11.6. The van der Waals surface area contributed by atoms with E-state index in [1.807, 2.05) is 58.4 Å². The summed E-state index contributed by atoms with van der Waals surface area (Å²) in [5.41, 5.74) is 10.2. The Morgan fingerprint density at radius 3 is 2.32 bits per heavy atom. The molecule has 4 aromatic rings. The Hall–Kier alpha value is -3.54. The van der Waals surface area contributed by atoms with Crippen LogP contribution in [0.5, 0.6) is 5.75 Å². The zero-order chi connectivity index (χ0) is 22.8. The van der Waals surface area contributed by atoms with Crippen LogP contribution >= 0.6 is 0 Å². The minimum absolute atomic E-state index is 0.520. The van der Waals surface area contributed by atoms with Crippen LogP contribution in [0.15, 0.2) is 60.8 Å². The molecule has 2 aromatic carbocycles. The third-order valence-electron chi connectivity index (χ3n) is 5.05. The lowest BCUT2D eigenvalue weighted by Crippen LogP contribution is -2.43. The molecule has 0 spiro atoms. The molecule has 0 aliphatic rings. The van der Waals surface area contributed by atoms with Gasteiger partial charge in [0.05, 0.1) is 22.2 Å². The van der Waals surface area contributed by atoms with Crippen LogP contribution in [0, 0.1) is 0 Å². The van der Waals surface area contributed by atoms with Crippen LogP contribution in [0.25, 0.3) is 27.8 Å². The van der Waals surface area contributed by atoms with Gasteiger partial charge in [-0.15, -0.1) is 0 Å². The summed E-state index contributed by atoms with van der Waals surface area (Å²) in [6, 6.07) is 18.0. The first-order chi connectivity index (χ1) is 14.8. The zero-order valence-corrected chi connectivity index (χ0v) is 19.0. The fourth-order valence-electron chi connectivity index (χ4n) is 3.30. The van der Waals surface area contributed by atoms with E-state index in [9.17, 15) is 4.79 Å². The van der Waals surface area contributed by atoms with Gasteiger partial charge in [0.15, 0.2) is 5.60 Å². The molecule has 0 saturated carbocycles. The molecule has 2 heterocycles. The molecule has 0 radical (unpaired) electrons. The van der Waals surface area contributed by atoms with Crippen molar-refractivity contribution in [3.05, 3.63) is 60.8 Å². The van der Waals surface area contributed by atoms with E-state index in [0.29, 0.717) is 5.75 Å². The molecule has 0 aliphatic carbocycles. The Bertz CT molecular complexity index is 1210. The summed E-state index contributed by atoms with van der Waals surface area (Å²) < 4.78 is 7.93. The number of amides is 1. The van der Waals surface area contributed by atoms with Gasteiger partial charge in [-0.05, 0) is 50.2 Å². The van der Waals surface area contributed by atoms with Crippen molar-refractivity contribution in [3.63, 3.8) is 0 Å². The van der Waals surface area contributed by atoms with Gasteiger partial charge in [-0.3, -0.25) is 4.79 Å². The van der Waals surface area contributed by atoms with Crippen molar-refractivity contribution >= 4 is 28.1 Å². The highest BCUT2D eigenvalue weighted by Gasteiger charge is 2.27. The SMILES string of the molecule is CC.CN(C)c1ccc(-c2nc3cc(OC(C)(C)C(N)=O)ccc3n3cccc23)cc1. The number of hydrogen-bond donors (Lipinski definition) is 1. The zero-order valence-electron chi connectivity index (χ0n) is 19.0. The quantitative estimate of drug-likeness (QED) is 0.501. The van der Waals surface area contributed by atoms with E-state index < -0.39 is 11.5 Å². The predicted octanol–water partition coefficient (Wildman–Crippen LogP) is 4.89. The lowest BCUT2D eigenvalue weighted by molar-refractivity contribution is -0.130. The van der Waals surface area contributed by atoms with Crippen molar-refractivity contribution in [2.24, 2.45) is 5.73 Å². The second kappa shape index (κ2) is 8.68. The summed E-state index contributed by atoms with van der Waals surface area (Å²) in [4.78, 5) is 18.6. The van der Waals surface area contributed by atoms with Crippen molar-refractivity contribution in [3.8, 4) is 17.0 Å². The van der Waals surface area contributed by atoms with Gasteiger partial charge < -0.3 is 19.8 Å². The summed E-state index contributed by atoms with van der Waals surface area (Å²) in [7, 11) is 4.03. The van der Waals surface area contributed by atoms with Crippen LogP contribution in [-0.2, 0) is 4.79 Å². The molecule has 31 heavy (non-hydrogen) atoms. The lowest BCUT2D eigenvalue weighted by atomic mass is 10.1. The topological polar surface area (TPSA) is 72.9 Å². The second-order valence-corrected chi connectivity index (χ2v) is 7.79. The largest absolute Gasteiger partial charge is 0.478 e. The first kappa shape index (κ1) is 22.2. The summed E-state index contributed by atoms with van der Waals surface area (Å²) in [5, 5.41) is 0. The van der Waals surface area contributed by atoms with Crippen molar-refractivity contribution in [2.45, 2.75) is 33.3 Å². The molecule has 0 atom stereocenters. The number of nitrogens with zero attached hydrogens (tertiary/aromatic N) is 3. The molecule has 2 N–H and O–H groups in total. The number of rotatable bonds is 5. The molecule has 6 nitrogen and oxygen atoms in total. The molecule has 162 valence electrons. The van der Waals surface area contributed by atoms with E-state index in [0.717, 1.165) is 33.5 Å². The maximum absolute atomic E-state index is 11.6. The number of benzene rings is 2. The molecule has 0 bridgehead atoms. The van der Waals surface area contributed by atoms with E-state index >= 15 is 0 Å². The molecule has 2 aromatic heterocycles. The summed E-state index contributed by atoms with van der Waals surface area (Å²) in [6.45, 7) is 7.31. The van der Waals surface area contributed by atoms with Gasteiger partial charge >= 0.3 is 0 Å². The number of anilines is 1. The minimum atomic E-state index is -1.10. The fraction of sp³-hybridized carbons (Fsp3) is 0.280.